The molecule has 1 heterocycles. The predicted molar refractivity (Wildman–Crippen MR) is 80.1 cm³/mol. The monoisotopic (exact) mass is 318 g/mol. The lowest BCUT2D eigenvalue weighted by molar-refractivity contribution is -0.143. The SMILES string of the molecule is CCCC(C(=O)O)[C@H](Cc1ccc(C(=O)O)cc1)c1nn[nH]n1. The maximum Gasteiger partial charge on any atom is 0.335 e. The second kappa shape index (κ2) is 7.48. The van der Waals surface area contributed by atoms with E-state index in [0.717, 1.165) is 12.0 Å². The van der Waals surface area contributed by atoms with Crippen molar-refractivity contribution in [3.63, 3.8) is 0 Å². The summed E-state index contributed by atoms with van der Waals surface area (Å²) in [7, 11) is 0. The molecule has 0 bridgehead atoms. The number of carbonyl (C=O) groups is 2. The Hall–Kier alpha value is -2.77. The lowest BCUT2D eigenvalue weighted by Gasteiger charge is -2.21. The topological polar surface area (TPSA) is 129 Å². The fourth-order valence-electron chi connectivity index (χ4n) is 2.59. The number of hydrogen-bond acceptors (Lipinski definition) is 5. The molecular weight excluding hydrogens is 300 g/mol. The molecule has 0 amide bonds. The van der Waals surface area contributed by atoms with E-state index in [0.29, 0.717) is 18.7 Å². The highest BCUT2D eigenvalue weighted by Crippen LogP contribution is 2.29. The molecule has 0 aliphatic rings. The van der Waals surface area contributed by atoms with E-state index in [1.54, 1.807) is 12.1 Å². The number of H-pyrrole nitrogens is 1. The van der Waals surface area contributed by atoms with Crippen LogP contribution in [0.2, 0.25) is 0 Å². The minimum atomic E-state index is -0.999. The maximum atomic E-state index is 11.6. The Balaban J connectivity index is 2.27. The summed E-state index contributed by atoms with van der Waals surface area (Å²) in [6, 6.07) is 6.36. The number of aromatic carboxylic acids is 1. The van der Waals surface area contributed by atoms with Crippen LogP contribution < -0.4 is 0 Å². The Bertz CT molecular complexity index is 655. The molecule has 8 heteroatoms. The third-order valence-electron chi connectivity index (χ3n) is 3.75. The van der Waals surface area contributed by atoms with Crippen LogP contribution >= 0.6 is 0 Å². The molecule has 0 saturated heterocycles. The van der Waals surface area contributed by atoms with Gasteiger partial charge < -0.3 is 10.2 Å². The number of carboxylic acid groups (broad SMARTS) is 2. The van der Waals surface area contributed by atoms with E-state index in [9.17, 15) is 14.7 Å². The molecule has 8 nitrogen and oxygen atoms in total. The molecule has 23 heavy (non-hydrogen) atoms. The van der Waals surface area contributed by atoms with Crippen LogP contribution in [0.25, 0.3) is 0 Å². The van der Waals surface area contributed by atoms with Gasteiger partial charge in [-0.05, 0) is 30.5 Å². The zero-order chi connectivity index (χ0) is 16.8. The van der Waals surface area contributed by atoms with E-state index < -0.39 is 23.8 Å². The van der Waals surface area contributed by atoms with Gasteiger partial charge in [0.1, 0.15) is 0 Å². The smallest absolute Gasteiger partial charge is 0.335 e. The second-order valence-electron chi connectivity index (χ2n) is 5.32. The summed E-state index contributed by atoms with van der Waals surface area (Å²) in [5, 5.41) is 32.2. The molecule has 2 aromatic rings. The van der Waals surface area contributed by atoms with Crippen LogP contribution in [0.1, 0.15) is 47.4 Å². The van der Waals surface area contributed by atoms with Crippen LogP contribution in [0.15, 0.2) is 24.3 Å². The maximum absolute atomic E-state index is 11.6. The number of aliphatic carboxylic acids is 1. The number of aromatic amines is 1. The number of carboxylic acids is 2. The Morgan fingerprint density at radius 1 is 1.22 bits per heavy atom. The van der Waals surface area contributed by atoms with Crippen molar-refractivity contribution in [3.8, 4) is 0 Å². The molecule has 3 N–H and O–H groups in total. The molecule has 0 saturated carbocycles. The normalized spacial score (nSPS) is 13.4. The van der Waals surface area contributed by atoms with Crippen LogP contribution in [0.5, 0.6) is 0 Å². The van der Waals surface area contributed by atoms with Crippen LogP contribution in [-0.2, 0) is 11.2 Å². The van der Waals surface area contributed by atoms with Crippen molar-refractivity contribution in [2.24, 2.45) is 5.92 Å². The highest BCUT2D eigenvalue weighted by atomic mass is 16.4. The van der Waals surface area contributed by atoms with Gasteiger partial charge in [0.05, 0.1) is 11.5 Å². The molecule has 1 aromatic carbocycles. The fourth-order valence-corrected chi connectivity index (χ4v) is 2.59. The van der Waals surface area contributed by atoms with Crippen LogP contribution in [0.4, 0.5) is 0 Å². The van der Waals surface area contributed by atoms with Gasteiger partial charge in [-0.2, -0.15) is 5.21 Å². The van der Waals surface area contributed by atoms with E-state index in [4.69, 9.17) is 5.11 Å². The van der Waals surface area contributed by atoms with E-state index in [1.165, 1.54) is 12.1 Å². The number of hydrogen-bond donors (Lipinski definition) is 3. The highest BCUT2D eigenvalue weighted by Gasteiger charge is 2.31. The lowest BCUT2D eigenvalue weighted by atomic mass is 9.83. The summed E-state index contributed by atoms with van der Waals surface area (Å²) >= 11 is 0. The Morgan fingerprint density at radius 3 is 2.39 bits per heavy atom. The summed E-state index contributed by atoms with van der Waals surface area (Å²) in [5.41, 5.74) is 1.01. The first-order valence-electron chi connectivity index (χ1n) is 7.31. The van der Waals surface area contributed by atoms with Gasteiger partial charge in [-0.1, -0.05) is 30.7 Å². The summed E-state index contributed by atoms with van der Waals surface area (Å²) < 4.78 is 0. The third kappa shape index (κ3) is 4.12. The molecule has 0 radical (unpaired) electrons. The second-order valence-corrected chi connectivity index (χ2v) is 5.32. The van der Waals surface area contributed by atoms with Gasteiger partial charge in [-0.25, -0.2) is 4.79 Å². The molecule has 0 fully saturated rings. The predicted octanol–water partition coefficient (Wildman–Crippen LogP) is 1.73. The van der Waals surface area contributed by atoms with Gasteiger partial charge in [-0.15, -0.1) is 10.2 Å². The third-order valence-corrected chi connectivity index (χ3v) is 3.75. The van der Waals surface area contributed by atoms with Crippen LogP contribution in [0.3, 0.4) is 0 Å². The number of benzene rings is 1. The zero-order valence-corrected chi connectivity index (χ0v) is 12.6. The van der Waals surface area contributed by atoms with E-state index >= 15 is 0 Å². The van der Waals surface area contributed by atoms with Gasteiger partial charge in [0.2, 0.25) is 0 Å². The Morgan fingerprint density at radius 2 is 1.91 bits per heavy atom. The molecular formula is C15H18N4O4. The highest BCUT2D eigenvalue weighted by molar-refractivity contribution is 5.87. The number of tetrazole rings is 1. The van der Waals surface area contributed by atoms with Gasteiger partial charge >= 0.3 is 11.9 Å². The Labute approximate surface area is 132 Å². The number of aromatic nitrogens is 4. The van der Waals surface area contributed by atoms with E-state index in [1.807, 2.05) is 6.92 Å². The van der Waals surface area contributed by atoms with Gasteiger partial charge in [0.15, 0.2) is 5.82 Å². The number of nitrogens with zero attached hydrogens (tertiary/aromatic N) is 3. The first-order chi connectivity index (χ1) is 11.0. The quantitative estimate of drug-likeness (QED) is 0.675. The molecule has 2 atom stereocenters. The van der Waals surface area contributed by atoms with E-state index in [-0.39, 0.29) is 5.56 Å². The largest absolute Gasteiger partial charge is 0.481 e. The molecule has 2 rings (SSSR count). The first-order valence-corrected chi connectivity index (χ1v) is 7.31. The van der Waals surface area contributed by atoms with Crippen molar-refractivity contribution >= 4 is 11.9 Å². The summed E-state index contributed by atoms with van der Waals surface area (Å²) in [6.45, 7) is 1.92. The zero-order valence-electron chi connectivity index (χ0n) is 12.6. The van der Waals surface area contributed by atoms with Crippen molar-refractivity contribution in [2.45, 2.75) is 32.1 Å². The molecule has 0 aliphatic heterocycles. The van der Waals surface area contributed by atoms with Crippen molar-refractivity contribution in [3.05, 3.63) is 41.2 Å². The first kappa shape index (κ1) is 16.6. The summed E-state index contributed by atoms with van der Waals surface area (Å²) in [6.07, 6.45) is 1.63. The van der Waals surface area contributed by atoms with Crippen molar-refractivity contribution < 1.29 is 19.8 Å². The minimum absolute atomic E-state index is 0.188. The van der Waals surface area contributed by atoms with E-state index in [2.05, 4.69) is 20.6 Å². The van der Waals surface area contributed by atoms with Crippen molar-refractivity contribution in [2.75, 3.05) is 0 Å². The van der Waals surface area contributed by atoms with Gasteiger partial charge in [0.25, 0.3) is 0 Å². The van der Waals surface area contributed by atoms with Crippen LogP contribution in [0, 0.1) is 5.92 Å². The molecule has 0 spiro atoms. The fraction of sp³-hybridized carbons (Fsp3) is 0.400. The average molecular weight is 318 g/mol. The Kier molecular flexibility index (Phi) is 5.40. The number of rotatable bonds is 8. The number of nitrogens with one attached hydrogen (secondary N) is 1. The summed E-state index contributed by atoms with van der Waals surface area (Å²) in [4.78, 5) is 22.5. The molecule has 1 aromatic heterocycles. The molecule has 122 valence electrons. The molecule has 0 aliphatic carbocycles. The molecule has 1 unspecified atom stereocenters. The standard InChI is InChI=1S/C15H18N4O4/c1-2-3-11(15(22)23)12(13-16-18-19-17-13)8-9-4-6-10(7-5-9)14(20)21/h4-7,11-12H,2-3,8H2,1H3,(H,20,21)(H,22,23)(H,16,17,18,19)/t11?,12-/m0/s1. The minimum Gasteiger partial charge on any atom is -0.481 e. The van der Waals surface area contributed by atoms with Crippen molar-refractivity contribution in [1.82, 2.24) is 20.6 Å². The van der Waals surface area contributed by atoms with Gasteiger partial charge in [-0.3, -0.25) is 4.79 Å². The average Bonchev–Trinajstić information content (AvgIpc) is 3.05. The van der Waals surface area contributed by atoms with Gasteiger partial charge in [0, 0.05) is 5.92 Å². The summed E-state index contributed by atoms with van der Waals surface area (Å²) in [5.74, 6) is -2.60. The van der Waals surface area contributed by atoms with Crippen molar-refractivity contribution in [1.29, 1.82) is 0 Å². The lowest BCUT2D eigenvalue weighted by Crippen LogP contribution is -2.25. The van der Waals surface area contributed by atoms with Crippen LogP contribution in [-0.4, -0.2) is 42.8 Å².